The molecule has 128 valence electrons. The van der Waals surface area contributed by atoms with Gasteiger partial charge in [-0.05, 0) is 42.8 Å². The van der Waals surface area contributed by atoms with Crippen molar-refractivity contribution in [2.24, 2.45) is 0 Å². The summed E-state index contributed by atoms with van der Waals surface area (Å²) in [6.07, 6.45) is 6.69. The van der Waals surface area contributed by atoms with E-state index in [4.69, 9.17) is 0 Å². The van der Waals surface area contributed by atoms with Gasteiger partial charge in [0.2, 0.25) is 0 Å². The van der Waals surface area contributed by atoms with E-state index in [0.717, 1.165) is 24.6 Å². The van der Waals surface area contributed by atoms with Crippen LogP contribution in [0.3, 0.4) is 0 Å². The molecule has 6 heteroatoms. The van der Waals surface area contributed by atoms with Gasteiger partial charge in [0.15, 0.2) is 0 Å². The minimum absolute atomic E-state index is 0.0936. The Balaban J connectivity index is 1.65. The van der Waals surface area contributed by atoms with Crippen LogP contribution in [0.2, 0.25) is 0 Å². The highest BCUT2D eigenvalue weighted by Crippen LogP contribution is 2.21. The number of aromatic nitrogens is 3. The van der Waals surface area contributed by atoms with Crippen molar-refractivity contribution < 1.29 is 4.79 Å². The first-order chi connectivity index (χ1) is 12.2. The molecule has 25 heavy (non-hydrogen) atoms. The molecule has 6 nitrogen and oxygen atoms in total. The molecule has 2 aromatic heterocycles. The number of rotatable bonds is 3. The first-order valence-corrected chi connectivity index (χ1v) is 8.63. The first kappa shape index (κ1) is 15.6. The van der Waals surface area contributed by atoms with Gasteiger partial charge in [-0.25, -0.2) is 0 Å². The van der Waals surface area contributed by atoms with E-state index in [1.807, 2.05) is 40.0 Å². The summed E-state index contributed by atoms with van der Waals surface area (Å²) >= 11 is 0. The minimum Gasteiger partial charge on any atom is -0.333 e. The highest BCUT2D eigenvalue weighted by molar-refractivity contribution is 5.96. The van der Waals surface area contributed by atoms with Crippen molar-refractivity contribution in [1.29, 1.82) is 0 Å². The standard InChI is InChI=1S/C19H20N4O2/c24-18-16-8-2-1-6-14(16)12-17(21-18)19(25)23-11-4-3-7-15(23)13-22-10-5-9-20-22/h1-2,5-6,8-10,12,15H,3-4,7,11,13H2,(H,21,24)/t15-/m0/s1. The molecule has 0 radical (unpaired) electrons. The second-order valence-electron chi connectivity index (χ2n) is 6.48. The molecule has 3 aromatic rings. The maximum atomic E-state index is 13.1. The molecule has 1 aliphatic heterocycles. The molecule has 0 saturated carbocycles. The van der Waals surface area contributed by atoms with Crippen LogP contribution >= 0.6 is 0 Å². The lowest BCUT2D eigenvalue weighted by Crippen LogP contribution is -2.46. The third kappa shape index (κ3) is 3.07. The van der Waals surface area contributed by atoms with Crippen molar-refractivity contribution in [1.82, 2.24) is 19.7 Å². The Kier molecular flexibility index (Phi) is 4.09. The van der Waals surface area contributed by atoms with E-state index in [-0.39, 0.29) is 17.5 Å². The number of amides is 1. The van der Waals surface area contributed by atoms with Gasteiger partial charge < -0.3 is 9.88 Å². The number of benzene rings is 1. The van der Waals surface area contributed by atoms with Crippen LogP contribution in [-0.4, -0.2) is 38.2 Å². The monoisotopic (exact) mass is 336 g/mol. The number of carbonyl (C=O) groups excluding carboxylic acids is 1. The molecule has 1 aliphatic rings. The number of pyridine rings is 1. The van der Waals surface area contributed by atoms with Crippen LogP contribution in [0.4, 0.5) is 0 Å². The molecular weight excluding hydrogens is 316 g/mol. The van der Waals surface area contributed by atoms with Gasteiger partial charge in [-0.1, -0.05) is 18.2 Å². The lowest BCUT2D eigenvalue weighted by Gasteiger charge is -2.35. The number of fused-ring (bicyclic) bond motifs is 1. The summed E-state index contributed by atoms with van der Waals surface area (Å²) in [5.41, 5.74) is 0.137. The summed E-state index contributed by atoms with van der Waals surface area (Å²) in [6.45, 7) is 1.39. The zero-order valence-electron chi connectivity index (χ0n) is 13.9. The second-order valence-corrected chi connectivity index (χ2v) is 6.48. The Labute approximate surface area is 145 Å². The maximum Gasteiger partial charge on any atom is 0.270 e. The summed E-state index contributed by atoms with van der Waals surface area (Å²) in [5.74, 6) is -0.111. The fourth-order valence-corrected chi connectivity index (χ4v) is 3.56. The van der Waals surface area contributed by atoms with E-state index < -0.39 is 0 Å². The zero-order valence-corrected chi connectivity index (χ0v) is 13.9. The van der Waals surface area contributed by atoms with Gasteiger partial charge in [-0.15, -0.1) is 0 Å². The van der Waals surface area contributed by atoms with E-state index in [1.54, 1.807) is 18.3 Å². The molecule has 1 fully saturated rings. The fourth-order valence-electron chi connectivity index (χ4n) is 3.56. The highest BCUT2D eigenvalue weighted by Gasteiger charge is 2.28. The topological polar surface area (TPSA) is 71.0 Å². The van der Waals surface area contributed by atoms with Crippen LogP contribution in [0, 0.1) is 0 Å². The molecule has 0 spiro atoms. The van der Waals surface area contributed by atoms with Gasteiger partial charge in [0.25, 0.3) is 11.5 Å². The summed E-state index contributed by atoms with van der Waals surface area (Å²) in [7, 11) is 0. The number of carbonyl (C=O) groups is 1. The van der Waals surface area contributed by atoms with Crippen molar-refractivity contribution in [3.8, 4) is 0 Å². The number of likely N-dealkylation sites (tertiary alicyclic amines) is 1. The van der Waals surface area contributed by atoms with Gasteiger partial charge in [-0.3, -0.25) is 14.3 Å². The summed E-state index contributed by atoms with van der Waals surface area (Å²) in [5, 5.41) is 5.64. The Morgan fingerprint density at radius 3 is 2.96 bits per heavy atom. The van der Waals surface area contributed by atoms with Crippen LogP contribution < -0.4 is 5.56 Å². The van der Waals surface area contributed by atoms with Gasteiger partial charge >= 0.3 is 0 Å². The highest BCUT2D eigenvalue weighted by atomic mass is 16.2. The Morgan fingerprint density at radius 1 is 1.24 bits per heavy atom. The molecule has 0 aliphatic carbocycles. The molecule has 4 rings (SSSR count). The maximum absolute atomic E-state index is 13.1. The number of piperidine rings is 1. The molecule has 3 heterocycles. The number of hydrogen-bond donors (Lipinski definition) is 1. The van der Waals surface area contributed by atoms with Crippen molar-refractivity contribution in [2.75, 3.05) is 6.54 Å². The fraction of sp³-hybridized carbons (Fsp3) is 0.316. The molecule has 0 bridgehead atoms. The van der Waals surface area contributed by atoms with Crippen molar-refractivity contribution >= 4 is 16.7 Å². The van der Waals surface area contributed by atoms with Crippen molar-refractivity contribution in [2.45, 2.75) is 31.8 Å². The Hall–Kier alpha value is -2.89. The van der Waals surface area contributed by atoms with E-state index in [1.165, 1.54) is 0 Å². The Bertz CT molecular complexity index is 945. The number of nitrogens with one attached hydrogen (secondary N) is 1. The second kappa shape index (κ2) is 6.55. The third-order valence-electron chi connectivity index (χ3n) is 4.83. The summed E-state index contributed by atoms with van der Waals surface area (Å²) in [6, 6.07) is 11.1. The van der Waals surface area contributed by atoms with Gasteiger partial charge in [0.05, 0.1) is 12.6 Å². The van der Waals surface area contributed by atoms with Crippen LogP contribution in [-0.2, 0) is 6.54 Å². The molecule has 0 unspecified atom stereocenters. The lowest BCUT2D eigenvalue weighted by molar-refractivity contribution is 0.0578. The smallest absolute Gasteiger partial charge is 0.270 e. The van der Waals surface area contributed by atoms with E-state index in [2.05, 4.69) is 10.1 Å². The SMILES string of the molecule is O=C(c1cc2ccccc2c(=O)[nH]1)N1CCCC[C@H]1Cn1cccn1. The van der Waals surface area contributed by atoms with E-state index in [0.29, 0.717) is 24.2 Å². The summed E-state index contributed by atoms with van der Waals surface area (Å²) in [4.78, 5) is 30.0. The minimum atomic E-state index is -0.220. The summed E-state index contributed by atoms with van der Waals surface area (Å²) < 4.78 is 1.86. The van der Waals surface area contributed by atoms with Crippen LogP contribution in [0.15, 0.2) is 53.6 Å². The van der Waals surface area contributed by atoms with Gasteiger partial charge in [0.1, 0.15) is 5.69 Å². The van der Waals surface area contributed by atoms with Gasteiger partial charge in [-0.2, -0.15) is 5.10 Å². The molecule has 1 amide bonds. The van der Waals surface area contributed by atoms with Crippen LogP contribution in [0.5, 0.6) is 0 Å². The van der Waals surface area contributed by atoms with Crippen molar-refractivity contribution in [3.05, 3.63) is 64.8 Å². The number of nitrogens with zero attached hydrogens (tertiary/aromatic N) is 3. The number of aromatic amines is 1. The predicted molar refractivity (Wildman–Crippen MR) is 95.5 cm³/mol. The van der Waals surface area contributed by atoms with E-state index >= 15 is 0 Å². The Morgan fingerprint density at radius 2 is 2.12 bits per heavy atom. The van der Waals surface area contributed by atoms with Crippen LogP contribution in [0.1, 0.15) is 29.8 Å². The molecule has 1 atom stereocenters. The average molecular weight is 336 g/mol. The lowest BCUT2D eigenvalue weighted by atomic mass is 10.0. The quantitative estimate of drug-likeness (QED) is 0.798. The van der Waals surface area contributed by atoms with E-state index in [9.17, 15) is 9.59 Å². The first-order valence-electron chi connectivity index (χ1n) is 8.63. The van der Waals surface area contributed by atoms with Gasteiger partial charge in [0, 0.05) is 24.3 Å². The van der Waals surface area contributed by atoms with Crippen molar-refractivity contribution in [3.63, 3.8) is 0 Å². The third-order valence-corrected chi connectivity index (χ3v) is 4.83. The molecule has 1 N–H and O–H groups in total. The molecule has 1 aromatic carbocycles. The molecule has 1 saturated heterocycles. The van der Waals surface area contributed by atoms with Crippen LogP contribution in [0.25, 0.3) is 10.8 Å². The normalized spacial score (nSPS) is 17.8. The number of hydrogen-bond acceptors (Lipinski definition) is 3. The largest absolute Gasteiger partial charge is 0.333 e. The average Bonchev–Trinajstić information content (AvgIpc) is 3.15. The predicted octanol–water partition coefficient (Wildman–Crippen LogP) is 2.42. The molecular formula is C19H20N4O2. The zero-order chi connectivity index (χ0) is 17.2. The number of H-pyrrole nitrogens is 1.